The van der Waals surface area contributed by atoms with E-state index < -0.39 is 12.1 Å². The molecule has 0 saturated heterocycles. The summed E-state index contributed by atoms with van der Waals surface area (Å²) in [7, 11) is 0. The highest BCUT2D eigenvalue weighted by Crippen LogP contribution is 2.27. The minimum atomic E-state index is -0.736. The van der Waals surface area contributed by atoms with E-state index in [1.54, 1.807) is 29.3 Å². The van der Waals surface area contributed by atoms with Gasteiger partial charge in [-0.2, -0.15) is 0 Å². The van der Waals surface area contributed by atoms with E-state index in [1.165, 1.54) is 12.1 Å². The van der Waals surface area contributed by atoms with Gasteiger partial charge in [-0.1, -0.05) is 35.9 Å². The summed E-state index contributed by atoms with van der Waals surface area (Å²) in [6.07, 6.45) is 6.18. The molecule has 1 aromatic heterocycles. The van der Waals surface area contributed by atoms with Crippen molar-refractivity contribution in [2.24, 2.45) is 0 Å². The van der Waals surface area contributed by atoms with Gasteiger partial charge in [-0.15, -0.1) is 0 Å². The Bertz CT molecular complexity index is 956. The highest BCUT2D eigenvalue weighted by molar-refractivity contribution is 6.29. The van der Waals surface area contributed by atoms with Crippen molar-refractivity contribution in [1.29, 1.82) is 0 Å². The molecular formula is C21H20ClFN4O2. The van der Waals surface area contributed by atoms with Crippen LogP contribution in [0.25, 0.3) is 0 Å². The maximum absolute atomic E-state index is 13.2. The third-order valence-electron chi connectivity index (χ3n) is 5.12. The van der Waals surface area contributed by atoms with Gasteiger partial charge in [0, 0.05) is 25.9 Å². The number of nitrogens with zero attached hydrogens (tertiary/aromatic N) is 2. The Kier molecular flexibility index (Phi) is 5.49. The zero-order valence-corrected chi connectivity index (χ0v) is 16.3. The SMILES string of the molecule is O=C(N[C@@H](Cc1ccc(F)cc1)C(=O)N1CC=CC1)C1Cc2cc(Cl)ncc2N1. The number of pyridine rings is 1. The van der Waals surface area contributed by atoms with Gasteiger partial charge in [-0.3, -0.25) is 9.59 Å². The summed E-state index contributed by atoms with van der Waals surface area (Å²) in [5.74, 6) is -0.776. The summed E-state index contributed by atoms with van der Waals surface area (Å²) in [6, 6.07) is 6.44. The summed E-state index contributed by atoms with van der Waals surface area (Å²) >= 11 is 5.93. The number of fused-ring (bicyclic) bond motifs is 1. The second kappa shape index (κ2) is 8.21. The molecule has 6 nitrogen and oxygen atoms in total. The van der Waals surface area contributed by atoms with Crippen LogP contribution in [0, 0.1) is 5.82 Å². The van der Waals surface area contributed by atoms with Crippen molar-refractivity contribution in [3.05, 3.63) is 70.8 Å². The lowest BCUT2D eigenvalue weighted by atomic mass is 10.0. The molecule has 2 aromatic rings. The molecule has 2 aliphatic rings. The Labute approximate surface area is 172 Å². The standard InChI is InChI=1S/C21H20ClFN4O2/c22-19-11-14-10-16(25-18(14)12-24-19)20(28)26-17(21(29)27-7-1-2-8-27)9-13-3-5-15(23)6-4-13/h1-6,11-12,16-17,25H,7-10H2,(H,26,28)/t16?,17-/m0/s1. The first-order valence-electron chi connectivity index (χ1n) is 9.39. The van der Waals surface area contributed by atoms with Crippen molar-refractivity contribution in [3.8, 4) is 0 Å². The lowest BCUT2D eigenvalue weighted by Gasteiger charge is -2.25. The molecule has 0 aliphatic carbocycles. The Morgan fingerprint density at radius 2 is 2.00 bits per heavy atom. The van der Waals surface area contributed by atoms with Crippen molar-refractivity contribution < 1.29 is 14.0 Å². The fourth-order valence-corrected chi connectivity index (χ4v) is 3.77. The fraction of sp³-hybridized carbons (Fsp3) is 0.286. The van der Waals surface area contributed by atoms with Gasteiger partial charge in [0.25, 0.3) is 0 Å². The van der Waals surface area contributed by atoms with Crippen LogP contribution >= 0.6 is 11.6 Å². The first kappa shape index (κ1) is 19.4. The maximum atomic E-state index is 13.2. The molecule has 1 unspecified atom stereocenters. The van der Waals surface area contributed by atoms with Crippen LogP contribution in [0.3, 0.4) is 0 Å². The minimum absolute atomic E-state index is 0.159. The van der Waals surface area contributed by atoms with Gasteiger partial charge in [0.05, 0.1) is 11.9 Å². The maximum Gasteiger partial charge on any atom is 0.246 e. The summed E-state index contributed by atoms with van der Waals surface area (Å²) in [6.45, 7) is 1.04. The number of carbonyl (C=O) groups is 2. The largest absolute Gasteiger partial charge is 0.372 e. The molecule has 2 atom stereocenters. The number of halogens is 2. The molecule has 4 rings (SSSR count). The van der Waals surface area contributed by atoms with Gasteiger partial charge in [0.2, 0.25) is 11.8 Å². The summed E-state index contributed by atoms with van der Waals surface area (Å²) in [5.41, 5.74) is 2.45. The number of nitrogens with one attached hydrogen (secondary N) is 2. The zero-order valence-electron chi connectivity index (χ0n) is 15.6. The molecule has 2 N–H and O–H groups in total. The van der Waals surface area contributed by atoms with E-state index in [9.17, 15) is 14.0 Å². The molecule has 1 aromatic carbocycles. The Morgan fingerprint density at radius 3 is 2.72 bits per heavy atom. The highest BCUT2D eigenvalue weighted by Gasteiger charge is 2.32. The summed E-state index contributed by atoms with van der Waals surface area (Å²) < 4.78 is 13.2. The molecular weight excluding hydrogens is 395 g/mol. The van der Waals surface area contributed by atoms with Crippen LogP contribution in [0.1, 0.15) is 11.1 Å². The van der Waals surface area contributed by atoms with Crippen molar-refractivity contribution in [2.45, 2.75) is 24.9 Å². The third kappa shape index (κ3) is 4.40. The van der Waals surface area contributed by atoms with Crippen LogP contribution in [0.5, 0.6) is 0 Å². The molecule has 2 aliphatic heterocycles. The second-order valence-electron chi connectivity index (χ2n) is 7.17. The second-order valence-corrected chi connectivity index (χ2v) is 7.56. The number of benzene rings is 1. The number of aromatic nitrogens is 1. The number of carbonyl (C=O) groups excluding carboxylic acids is 2. The number of hydrogen-bond acceptors (Lipinski definition) is 4. The molecule has 0 spiro atoms. The molecule has 150 valence electrons. The first-order valence-corrected chi connectivity index (χ1v) is 9.77. The van der Waals surface area contributed by atoms with Gasteiger partial charge >= 0.3 is 0 Å². The first-order chi connectivity index (χ1) is 14.0. The van der Waals surface area contributed by atoms with E-state index in [4.69, 9.17) is 11.6 Å². The molecule has 0 bridgehead atoms. The number of amides is 2. The fourth-order valence-electron chi connectivity index (χ4n) is 3.59. The van der Waals surface area contributed by atoms with Crippen molar-refractivity contribution in [3.63, 3.8) is 0 Å². The Morgan fingerprint density at radius 1 is 1.28 bits per heavy atom. The summed E-state index contributed by atoms with van der Waals surface area (Å²) in [4.78, 5) is 31.6. The van der Waals surface area contributed by atoms with E-state index in [0.29, 0.717) is 24.7 Å². The van der Waals surface area contributed by atoms with Crippen LogP contribution in [-0.4, -0.2) is 46.9 Å². The monoisotopic (exact) mass is 414 g/mol. The lowest BCUT2D eigenvalue weighted by Crippen LogP contribution is -2.52. The number of hydrogen-bond donors (Lipinski definition) is 2. The number of anilines is 1. The quantitative estimate of drug-likeness (QED) is 0.581. The van der Waals surface area contributed by atoms with Crippen LogP contribution in [0.2, 0.25) is 5.15 Å². The predicted octanol–water partition coefficient (Wildman–Crippen LogP) is 2.34. The molecule has 3 heterocycles. The van der Waals surface area contributed by atoms with Crippen LogP contribution in [0.4, 0.5) is 10.1 Å². The normalized spacial score (nSPS) is 18.3. The number of rotatable bonds is 5. The van der Waals surface area contributed by atoms with E-state index >= 15 is 0 Å². The average molecular weight is 415 g/mol. The molecule has 29 heavy (non-hydrogen) atoms. The van der Waals surface area contributed by atoms with Crippen molar-refractivity contribution >= 4 is 29.1 Å². The van der Waals surface area contributed by atoms with Crippen LogP contribution < -0.4 is 10.6 Å². The third-order valence-corrected chi connectivity index (χ3v) is 5.33. The molecule has 0 radical (unpaired) electrons. The minimum Gasteiger partial charge on any atom is -0.372 e. The van der Waals surface area contributed by atoms with Gasteiger partial charge in [-0.05, 0) is 29.3 Å². The molecule has 0 saturated carbocycles. The zero-order chi connectivity index (χ0) is 20.4. The van der Waals surface area contributed by atoms with Crippen LogP contribution in [-0.2, 0) is 22.4 Å². The Hall–Kier alpha value is -2.93. The summed E-state index contributed by atoms with van der Waals surface area (Å²) in [5, 5.41) is 6.38. The van der Waals surface area contributed by atoms with E-state index in [2.05, 4.69) is 15.6 Å². The molecule has 8 heteroatoms. The van der Waals surface area contributed by atoms with E-state index in [-0.39, 0.29) is 24.1 Å². The molecule has 0 fully saturated rings. The van der Waals surface area contributed by atoms with Gasteiger partial charge in [0.1, 0.15) is 23.1 Å². The topological polar surface area (TPSA) is 74.3 Å². The Balaban J connectivity index is 1.47. The van der Waals surface area contributed by atoms with E-state index in [0.717, 1.165) is 16.8 Å². The van der Waals surface area contributed by atoms with Crippen molar-refractivity contribution in [1.82, 2.24) is 15.2 Å². The van der Waals surface area contributed by atoms with Gasteiger partial charge in [0.15, 0.2) is 0 Å². The smallest absolute Gasteiger partial charge is 0.246 e. The van der Waals surface area contributed by atoms with E-state index in [1.807, 2.05) is 12.2 Å². The van der Waals surface area contributed by atoms with Crippen molar-refractivity contribution in [2.75, 3.05) is 18.4 Å². The molecule has 2 amide bonds. The van der Waals surface area contributed by atoms with Gasteiger partial charge < -0.3 is 15.5 Å². The van der Waals surface area contributed by atoms with Crippen LogP contribution in [0.15, 0.2) is 48.7 Å². The average Bonchev–Trinajstić information content (AvgIpc) is 3.38. The predicted molar refractivity (Wildman–Crippen MR) is 108 cm³/mol. The van der Waals surface area contributed by atoms with Gasteiger partial charge in [-0.25, -0.2) is 9.37 Å². The lowest BCUT2D eigenvalue weighted by molar-refractivity contribution is -0.135. The highest BCUT2D eigenvalue weighted by atomic mass is 35.5.